The van der Waals surface area contributed by atoms with Crippen molar-refractivity contribution in [3.05, 3.63) is 35.9 Å². The van der Waals surface area contributed by atoms with E-state index in [-0.39, 0.29) is 0 Å². The molecular formula is C16H19N4+. The number of para-hydroxylation sites is 1. The molecular weight excluding hydrogens is 248 g/mol. The van der Waals surface area contributed by atoms with Crippen molar-refractivity contribution in [3.63, 3.8) is 0 Å². The van der Waals surface area contributed by atoms with Gasteiger partial charge in [-0.2, -0.15) is 5.10 Å². The first kappa shape index (κ1) is 11.9. The van der Waals surface area contributed by atoms with E-state index in [9.17, 15) is 0 Å². The van der Waals surface area contributed by atoms with Crippen molar-refractivity contribution in [3.8, 4) is 0 Å². The lowest BCUT2D eigenvalue weighted by atomic mass is 10.0. The number of hydrogen-bond donors (Lipinski definition) is 2. The monoisotopic (exact) mass is 267 g/mol. The number of aliphatic imine (C=N–C) groups is 1. The number of nitrogens with zero attached hydrogens (tertiary/aromatic N) is 2. The molecule has 1 fully saturated rings. The van der Waals surface area contributed by atoms with Crippen LogP contribution in [0.1, 0.15) is 26.2 Å². The van der Waals surface area contributed by atoms with Gasteiger partial charge in [-0.25, -0.2) is 15.4 Å². The van der Waals surface area contributed by atoms with Gasteiger partial charge in [0.25, 0.3) is 0 Å². The Balaban J connectivity index is 1.63. The van der Waals surface area contributed by atoms with Crippen LogP contribution in [-0.4, -0.2) is 22.1 Å². The van der Waals surface area contributed by atoms with E-state index in [0.29, 0.717) is 6.04 Å². The molecule has 0 radical (unpaired) electrons. The molecule has 20 heavy (non-hydrogen) atoms. The molecule has 4 heteroatoms. The molecule has 0 saturated heterocycles. The van der Waals surface area contributed by atoms with Gasteiger partial charge in [-0.05, 0) is 42.9 Å². The Morgan fingerprint density at radius 1 is 1.30 bits per heavy atom. The second kappa shape index (κ2) is 4.56. The maximum Gasteiger partial charge on any atom is 0.234 e. The van der Waals surface area contributed by atoms with E-state index < -0.39 is 0 Å². The predicted octanol–water partition coefficient (Wildman–Crippen LogP) is 2.28. The topological polar surface area (TPSA) is 57.6 Å². The summed E-state index contributed by atoms with van der Waals surface area (Å²) >= 11 is 0. The molecule has 2 aromatic rings. The van der Waals surface area contributed by atoms with E-state index in [1.807, 2.05) is 18.2 Å². The second-order valence-corrected chi connectivity index (χ2v) is 5.70. The van der Waals surface area contributed by atoms with Gasteiger partial charge in [0.1, 0.15) is 0 Å². The molecule has 3 N–H and O–H groups in total. The molecule has 1 atom stereocenters. The van der Waals surface area contributed by atoms with E-state index in [2.05, 4.69) is 34.6 Å². The number of amidine groups is 1. The molecule has 102 valence electrons. The van der Waals surface area contributed by atoms with Crippen molar-refractivity contribution in [2.75, 3.05) is 0 Å². The Labute approximate surface area is 118 Å². The highest BCUT2D eigenvalue weighted by atomic mass is 15.2. The van der Waals surface area contributed by atoms with Gasteiger partial charge in [-0.15, -0.1) is 0 Å². The summed E-state index contributed by atoms with van der Waals surface area (Å²) < 4.78 is 0. The fourth-order valence-electron chi connectivity index (χ4n) is 3.01. The Bertz CT molecular complexity index is 706. The summed E-state index contributed by atoms with van der Waals surface area (Å²) in [6.07, 6.45) is 6.08. The van der Waals surface area contributed by atoms with Crippen molar-refractivity contribution in [2.24, 2.45) is 10.9 Å². The third-order valence-corrected chi connectivity index (χ3v) is 4.22. The third-order valence-electron chi connectivity index (χ3n) is 4.22. The Kier molecular flexibility index (Phi) is 2.70. The van der Waals surface area contributed by atoms with Gasteiger partial charge in [0, 0.05) is 6.08 Å². The summed E-state index contributed by atoms with van der Waals surface area (Å²) in [5, 5.41) is 10.7. The van der Waals surface area contributed by atoms with E-state index in [4.69, 9.17) is 4.99 Å². The molecule has 1 aliphatic carbocycles. The molecule has 1 saturated carbocycles. The zero-order valence-corrected chi connectivity index (χ0v) is 11.6. The summed E-state index contributed by atoms with van der Waals surface area (Å²) in [7, 11) is 0. The Morgan fingerprint density at radius 3 is 2.95 bits per heavy atom. The van der Waals surface area contributed by atoms with Gasteiger partial charge in [0.15, 0.2) is 0 Å². The third kappa shape index (κ3) is 1.96. The number of nitrogens with two attached hydrogens (primary N) is 1. The number of aromatic amines is 1. The number of hydrogen-bond acceptors (Lipinski definition) is 2. The number of quaternary nitrogens is 1. The SMILES string of the molecule is CCC1N=C([NH2+]c2[nH]nc3ccccc23)C=C1C1CC1. The lowest BCUT2D eigenvalue weighted by molar-refractivity contribution is -0.444. The number of aromatic nitrogens is 2. The summed E-state index contributed by atoms with van der Waals surface area (Å²) in [5.41, 5.74) is 2.55. The number of rotatable bonds is 3. The minimum Gasteiger partial charge on any atom is -0.249 e. The van der Waals surface area contributed by atoms with Crippen LogP contribution in [0.5, 0.6) is 0 Å². The van der Waals surface area contributed by atoms with Crippen LogP contribution in [0, 0.1) is 5.92 Å². The summed E-state index contributed by atoms with van der Waals surface area (Å²) in [6.45, 7) is 2.22. The molecule has 4 rings (SSSR count). The van der Waals surface area contributed by atoms with Crippen molar-refractivity contribution < 1.29 is 5.32 Å². The van der Waals surface area contributed by atoms with Gasteiger partial charge < -0.3 is 0 Å². The van der Waals surface area contributed by atoms with Gasteiger partial charge in [-0.1, -0.05) is 19.1 Å². The highest BCUT2D eigenvalue weighted by Crippen LogP contribution is 2.41. The standard InChI is InChI=1S/C16H18N4/c1-2-13-12(10-7-8-10)9-15(17-13)18-16-11-5-3-4-6-14(11)19-20-16/h3-6,9-10,13H,2,7-8H2,1H3,(H2,17,18,19,20)/p+1. The van der Waals surface area contributed by atoms with Crippen LogP contribution in [0.25, 0.3) is 10.9 Å². The first-order chi connectivity index (χ1) is 9.85. The van der Waals surface area contributed by atoms with Crippen LogP contribution in [0.3, 0.4) is 0 Å². The molecule has 0 amide bonds. The number of fused-ring (bicyclic) bond motifs is 1. The van der Waals surface area contributed by atoms with Crippen LogP contribution >= 0.6 is 0 Å². The average Bonchev–Trinajstić information content (AvgIpc) is 3.13. The average molecular weight is 267 g/mol. The largest absolute Gasteiger partial charge is 0.249 e. The molecule has 0 spiro atoms. The molecule has 2 heterocycles. The van der Waals surface area contributed by atoms with Gasteiger partial charge in [0.2, 0.25) is 11.7 Å². The maximum atomic E-state index is 4.85. The highest BCUT2D eigenvalue weighted by Gasteiger charge is 2.34. The molecule has 0 bridgehead atoms. The summed E-state index contributed by atoms with van der Waals surface area (Å²) in [5.74, 6) is 2.95. The van der Waals surface area contributed by atoms with Crippen molar-refractivity contribution >= 4 is 22.6 Å². The lowest BCUT2D eigenvalue weighted by Gasteiger charge is -2.06. The fourth-order valence-corrected chi connectivity index (χ4v) is 3.01. The fraction of sp³-hybridized carbons (Fsp3) is 0.375. The van der Waals surface area contributed by atoms with Crippen molar-refractivity contribution in [1.29, 1.82) is 0 Å². The molecule has 1 aromatic heterocycles. The molecule has 1 aromatic carbocycles. The molecule has 1 aliphatic heterocycles. The summed E-state index contributed by atoms with van der Waals surface area (Å²) in [4.78, 5) is 4.85. The zero-order valence-electron chi connectivity index (χ0n) is 11.6. The predicted molar refractivity (Wildman–Crippen MR) is 80.0 cm³/mol. The van der Waals surface area contributed by atoms with Crippen molar-refractivity contribution in [1.82, 2.24) is 10.2 Å². The quantitative estimate of drug-likeness (QED) is 0.880. The Morgan fingerprint density at radius 2 is 2.15 bits per heavy atom. The smallest absolute Gasteiger partial charge is 0.234 e. The van der Waals surface area contributed by atoms with Gasteiger partial charge >= 0.3 is 0 Å². The number of benzene rings is 1. The van der Waals surface area contributed by atoms with Crippen molar-refractivity contribution in [2.45, 2.75) is 32.2 Å². The maximum absolute atomic E-state index is 4.85. The minimum atomic E-state index is 0.405. The number of nitrogens with one attached hydrogen (secondary N) is 1. The Hall–Kier alpha value is -1.94. The van der Waals surface area contributed by atoms with E-state index >= 15 is 0 Å². The normalized spacial score (nSPS) is 22.1. The highest BCUT2D eigenvalue weighted by molar-refractivity contribution is 5.93. The molecule has 2 aliphatic rings. The molecule has 4 nitrogen and oxygen atoms in total. The van der Waals surface area contributed by atoms with Crippen LogP contribution in [-0.2, 0) is 0 Å². The minimum absolute atomic E-state index is 0.405. The summed E-state index contributed by atoms with van der Waals surface area (Å²) in [6, 6.07) is 8.59. The molecule has 1 unspecified atom stereocenters. The number of H-pyrrole nitrogens is 1. The van der Waals surface area contributed by atoms with Crippen LogP contribution in [0.15, 0.2) is 40.9 Å². The second-order valence-electron chi connectivity index (χ2n) is 5.70. The lowest BCUT2D eigenvalue weighted by Crippen LogP contribution is -2.82. The first-order valence-corrected chi connectivity index (χ1v) is 7.42. The van der Waals surface area contributed by atoms with Crippen LogP contribution in [0.4, 0.5) is 5.82 Å². The van der Waals surface area contributed by atoms with Gasteiger partial charge in [-0.3, -0.25) is 0 Å². The first-order valence-electron chi connectivity index (χ1n) is 7.42. The van der Waals surface area contributed by atoms with E-state index in [1.165, 1.54) is 12.8 Å². The van der Waals surface area contributed by atoms with Crippen LogP contribution in [0.2, 0.25) is 0 Å². The zero-order chi connectivity index (χ0) is 13.5. The van der Waals surface area contributed by atoms with Gasteiger partial charge in [0.05, 0.1) is 16.9 Å². The van der Waals surface area contributed by atoms with E-state index in [0.717, 1.165) is 34.9 Å². The van der Waals surface area contributed by atoms with E-state index in [1.54, 1.807) is 5.57 Å². The van der Waals surface area contributed by atoms with Crippen LogP contribution < -0.4 is 5.32 Å².